The van der Waals surface area contributed by atoms with Crippen LogP contribution in [0, 0.1) is 6.92 Å². The summed E-state index contributed by atoms with van der Waals surface area (Å²) in [5.74, 6) is 0. The molecule has 0 amide bonds. The summed E-state index contributed by atoms with van der Waals surface area (Å²) in [6, 6.07) is 0. The number of thioether (sulfide) groups is 1. The maximum atomic E-state index is 8.12. The monoisotopic (exact) mass is 262 g/mol. The van der Waals surface area contributed by atoms with Crippen LogP contribution < -0.4 is 0 Å². The van der Waals surface area contributed by atoms with Crippen molar-refractivity contribution in [1.29, 1.82) is 0 Å². The lowest BCUT2D eigenvalue weighted by molar-refractivity contribution is -0.191. The lowest BCUT2D eigenvalue weighted by Crippen LogP contribution is -1.88. The van der Waals surface area contributed by atoms with E-state index in [4.69, 9.17) is 9.59 Å². The van der Waals surface area contributed by atoms with E-state index in [2.05, 4.69) is 25.9 Å². The molecule has 0 aliphatic rings. The first kappa shape index (κ1) is 12.3. The van der Waals surface area contributed by atoms with Gasteiger partial charge < -0.3 is 0 Å². The average Bonchev–Trinajstić information content (AvgIpc) is 2.11. The van der Waals surface area contributed by atoms with Crippen LogP contribution in [0.15, 0.2) is 15.8 Å². The summed E-state index contributed by atoms with van der Waals surface area (Å²) < 4.78 is 0.963. The highest BCUT2D eigenvalue weighted by Gasteiger charge is 1.97. The topological polar surface area (TPSA) is 59.9 Å². The van der Waals surface area contributed by atoms with Gasteiger partial charge in [-0.1, -0.05) is 11.8 Å². The highest BCUT2D eigenvalue weighted by Crippen LogP contribution is 2.15. The molecular formula is C7H7BrN2O2S. The third kappa shape index (κ3) is 4.77. The van der Waals surface area contributed by atoms with E-state index < -0.39 is 0 Å². The van der Waals surface area contributed by atoms with Crippen molar-refractivity contribution in [2.75, 3.05) is 6.26 Å². The molecule has 1 heterocycles. The Kier molecular flexibility index (Phi) is 6.40. The fourth-order valence-corrected chi connectivity index (χ4v) is 1.11. The Hall–Kier alpha value is -0.710. The van der Waals surface area contributed by atoms with Crippen LogP contribution in [-0.2, 0) is 9.59 Å². The Morgan fingerprint density at radius 3 is 2.46 bits per heavy atom. The van der Waals surface area contributed by atoms with E-state index in [1.807, 2.05) is 13.2 Å². The maximum absolute atomic E-state index is 8.12. The number of hydrogen-bond acceptors (Lipinski definition) is 5. The summed E-state index contributed by atoms with van der Waals surface area (Å²) in [6.07, 6.45) is 3.98. The second-order valence-electron chi connectivity index (χ2n) is 1.87. The summed E-state index contributed by atoms with van der Waals surface area (Å²) in [5, 5.41) is 0.820. The zero-order chi connectivity index (χ0) is 10.3. The second-order valence-corrected chi connectivity index (χ2v) is 3.50. The van der Waals surface area contributed by atoms with Gasteiger partial charge in [-0.05, 0) is 29.1 Å². The highest BCUT2D eigenvalue weighted by molar-refractivity contribution is 9.10. The van der Waals surface area contributed by atoms with Gasteiger partial charge in [0.1, 0.15) is 0 Å². The molecule has 0 aliphatic heterocycles. The Bertz CT molecular complexity index is 313. The van der Waals surface area contributed by atoms with Crippen LogP contribution in [0.2, 0.25) is 0 Å². The van der Waals surface area contributed by atoms with Crippen molar-refractivity contribution in [2.24, 2.45) is 0 Å². The van der Waals surface area contributed by atoms with E-state index in [0.717, 1.165) is 15.3 Å². The predicted octanol–water partition coefficient (Wildman–Crippen LogP) is 1.69. The van der Waals surface area contributed by atoms with Crippen LogP contribution in [0.1, 0.15) is 5.69 Å². The number of nitrogens with zero attached hydrogens (tertiary/aromatic N) is 2. The maximum Gasteiger partial charge on any atom is 0.373 e. The van der Waals surface area contributed by atoms with Crippen LogP contribution >= 0.6 is 27.7 Å². The molecular weight excluding hydrogens is 256 g/mol. The van der Waals surface area contributed by atoms with Crippen molar-refractivity contribution in [2.45, 2.75) is 12.1 Å². The van der Waals surface area contributed by atoms with Gasteiger partial charge in [0.15, 0.2) is 5.16 Å². The molecule has 0 saturated heterocycles. The van der Waals surface area contributed by atoms with Crippen molar-refractivity contribution in [3.8, 4) is 0 Å². The fraction of sp³-hybridized carbons (Fsp3) is 0.286. The summed E-state index contributed by atoms with van der Waals surface area (Å²) in [6.45, 7) is 1.95. The molecule has 1 aromatic heterocycles. The highest BCUT2D eigenvalue weighted by atomic mass is 79.9. The second kappa shape index (κ2) is 6.77. The van der Waals surface area contributed by atoms with Gasteiger partial charge in [-0.15, -0.1) is 0 Å². The van der Waals surface area contributed by atoms with Gasteiger partial charge in [0.05, 0.1) is 10.2 Å². The molecule has 0 aromatic carbocycles. The molecule has 13 heavy (non-hydrogen) atoms. The largest absolute Gasteiger partial charge is 0.373 e. The minimum Gasteiger partial charge on any atom is -0.230 e. The molecule has 0 bridgehead atoms. The minimum atomic E-state index is 0.250. The first-order valence-electron chi connectivity index (χ1n) is 3.18. The van der Waals surface area contributed by atoms with E-state index in [1.54, 1.807) is 18.0 Å². The van der Waals surface area contributed by atoms with Crippen molar-refractivity contribution in [1.82, 2.24) is 9.97 Å². The standard InChI is InChI=1S/C6H7BrN2S.CO2/c1-4-5(7)3-8-6(9-4)10-2;2-1-3/h3H,1-2H3;. The first-order valence-corrected chi connectivity index (χ1v) is 5.20. The van der Waals surface area contributed by atoms with Crippen LogP contribution in [0.25, 0.3) is 0 Å². The molecule has 0 fully saturated rings. The molecule has 6 heteroatoms. The minimum absolute atomic E-state index is 0.250. The van der Waals surface area contributed by atoms with Gasteiger partial charge in [0.2, 0.25) is 0 Å². The van der Waals surface area contributed by atoms with Gasteiger partial charge in [-0.3, -0.25) is 0 Å². The van der Waals surface area contributed by atoms with E-state index >= 15 is 0 Å². The first-order chi connectivity index (χ1) is 6.15. The molecule has 0 saturated carbocycles. The lowest BCUT2D eigenvalue weighted by Gasteiger charge is -1.97. The zero-order valence-corrected chi connectivity index (χ0v) is 9.48. The lowest BCUT2D eigenvalue weighted by atomic mass is 10.5. The Morgan fingerprint density at radius 1 is 1.54 bits per heavy atom. The molecule has 0 spiro atoms. The van der Waals surface area contributed by atoms with Gasteiger partial charge in [0, 0.05) is 6.20 Å². The molecule has 4 nitrogen and oxygen atoms in total. The smallest absolute Gasteiger partial charge is 0.230 e. The zero-order valence-electron chi connectivity index (χ0n) is 7.07. The molecule has 0 aliphatic carbocycles. The van der Waals surface area contributed by atoms with Gasteiger partial charge in [0.25, 0.3) is 0 Å². The molecule has 70 valence electrons. The number of aromatic nitrogens is 2. The summed E-state index contributed by atoms with van der Waals surface area (Å²) in [7, 11) is 0. The van der Waals surface area contributed by atoms with Crippen molar-refractivity contribution >= 4 is 33.8 Å². The van der Waals surface area contributed by atoms with Crippen LogP contribution in [-0.4, -0.2) is 22.4 Å². The SMILES string of the molecule is CSc1ncc(Br)c(C)n1.O=C=O. The molecule has 1 rings (SSSR count). The number of hydrogen-bond donors (Lipinski definition) is 0. The van der Waals surface area contributed by atoms with Crippen molar-refractivity contribution in [3.05, 3.63) is 16.4 Å². The van der Waals surface area contributed by atoms with E-state index in [1.165, 1.54) is 0 Å². The Balaban J connectivity index is 0.000000424. The summed E-state index contributed by atoms with van der Waals surface area (Å²) in [5.41, 5.74) is 0.986. The van der Waals surface area contributed by atoms with Gasteiger partial charge >= 0.3 is 6.15 Å². The van der Waals surface area contributed by atoms with E-state index in [0.29, 0.717) is 0 Å². The van der Waals surface area contributed by atoms with Crippen LogP contribution in [0.3, 0.4) is 0 Å². The summed E-state index contributed by atoms with van der Waals surface area (Å²) in [4.78, 5) is 24.5. The average molecular weight is 263 g/mol. The molecule has 0 atom stereocenters. The Labute approximate surface area is 88.3 Å². The van der Waals surface area contributed by atoms with Crippen LogP contribution in [0.5, 0.6) is 0 Å². The normalized spacial score (nSPS) is 8.23. The van der Waals surface area contributed by atoms with Crippen molar-refractivity contribution in [3.63, 3.8) is 0 Å². The van der Waals surface area contributed by atoms with Gasteiger partial charge in [-0.25, -0.2) is 9.97 Å². The Morgan fingerprint density at radius 2 is 2.08 bits per heavy atom. The number of aryl methyl sites for hydroxylation is 1. The number of halogens is 1. The number of rotatable bonds is 1. The quantitative estimate of drug-likeness (QED) is 0.570. The van der Waals surface area contributed by atoms with Crippen molar-refractivity contribution < 1.29 is 9.59 Å². The molecule has 0 N–H and O–H groups in total. The van der Waals surface area contributed by atoms with Gasteiger partial charge in [-0.2, -0.15) is 9.59 Å². The molecule has 0 radical (unpaired) electrons. The van der Waals surface area contributed by atoms with E-state index in [9.17, 15) is 0 Å². The predicted molar refractivity (Wildman–Crippen MR) is 51.3 cm³/mol. The number of carbonyl (C=O) groups excluding carboxylic acids is 2. The summed E-state index contributed by atoms with van der Waals surface area (Å²) >= 11 is 4.87. The van der Waals surface area contributed by atoms with E-state index in [-0.39, 0.29) is 6.15 Å². The third-order valence-electron chi connectivity index (χ3n) is 1.08. The van der Waals surface area contributed by atoms with Crippen LogP contribution in [0.4, 0.5) is 0 Å². The third-order valence-corrected chi connectivity index (χ3v) is 2.42. The molecule has 1 aromatic rings. The fourth-order valence-electron chi connectivity index (χ4n) is 0.529. The molecule has 0 unspecified atom stereocenters.